The van der Waals surface area contributed by atoms with Crippen molar-refractivity contribution >= 4 is 0 Å². The summed E-state index contributed by atoms with van der Waals surface area (Å²) < 4.78 is 0. The Hall–Kier alpha value is -0.160. The van der Waals surface area contributed by atoms with Gasteiger partial charge in [0.1, 0.15) is 0 Å². The molecule has 4 nitrogen and oxygen atoms in total. The van der Waals surface area contributed by atoms with Crippen molar-refractivity contribution in [1.82, 2.24) is 10.1 Å². The summed E-state index contributed by atoms with van der Waals surface area (Å²) in [6.07, 6.45) is 3.22. The van der Waals surface area contributed by atoms with E-state index in [1.807, 2.05) is 0 Å². The molecule has 0 aromatic carbocycles. The molecule has 4 saturated heterocycles. The molecule has 68 valence electrons. The van der Waals surface area contributed by atoms with Crippen LogP contribution in [-0.4, -0.2) is 34.3 Å². The van der Waals surface area contributed by atoms with Crippen molar-refractivity contribution < 1.29 is 0 Å². The maximum Gasteiger partial charge on any atom is 0.000527 e. The molecule has 4 bridgehead atoms. The molecular weight excluding hydrogens is 156 g/mol. The lowest BCUT2D eigenvalue weighted by molar-refractivity contribution is -0.0642. The van der Waals surface area contributed by atoms with Gasteiger partial charge < -0.3 is 20.5 Å². The van der Waals surface area contributed by atoms with Crippen LogP contribution in [0.5, 0.6) is 0 Å². The summed E-state index contributed by atoms with van der Waals surface area (Å²) in [4.78, 5) is 0. The van der Waals surface area contributed by atoms with Crippen LogP contribution in [0.3, 0.4) is 0 Å². The number of hydrogen-bond donors (Lipinski definition) is 0. The van der Waals surface area contributed by atoms with Crippen LogP contribution in [0, 0.1) is 10.4 Å². The molecule has 0 atom stereocenters. The van der Waals surface area contributed by atoms with Gasteiger partial charge in [-0.25, -0.2) is 0 Å². The van der Waals surface area contributed by atoms with Crippen LogP contribution in [0.15, 0.2) is 0 Å². The summed E-state index contributed by atoms with van der Waals surface area (Å²) >= 11 is 0. The molecule has 4 fully saturated rings. The van der Waals surface area contributed by atoms with Crippen LogP contribution >= 0.6 is 0 Å². The summed E-state index contributed by atoms with van der Waals surface area (Å²) in [7, 11) is 0. The first-order valence-corrected chi connectivity index (χ1v) is 4.66. The number of nitrogens with zero attached hydrogens (tertiary/aromatic N) is 2. The first-order valence-electron chi connectivity index (χ1n) is 4.66. The van der Waals surface area contributed by atoms with Gasteiger partial charge in [0.25, 0.3) is 0 Å². The van der Waals surface area contributed by atoms with E-state index in [0.717, 1.165) is 25.7 Å². The van der Waals surface area contributed by atoms with Gasteiger partial charge in [-0.15, -0.1) is 0 Å². The normalized spacial score (nSPS) is 53.5. The van der Waals surface area contributed by atoms with Crippen molar-refractivity contribution in [3.05, 3.63) is 10.4 Å². The molecule has 0 aromatic heterocycles. The highest BCUT2D eigenvalue weighted by atomic mass is 16.5. The summed E-state index contributed by atoms with van der Waals surface area (Å²) in [5, 5.41) is 25.5. The van der Waals surface area contributed by atoms with E-state index in [1.165, 1.54) is 10.1 Å². The van der Waals surface area contributed by atoms with Crippen molar-refractivity contribution in [2.24, 2.45) is 0 Å². The Kier molecular flexibility index (Phi) is 1.33. The fourth-order valence-corrected chi connectivity index (χ4v) is 3.07. The quantitative estimate of drug-likeness (QED) is 0.533. The lowest BCUT2D eigenvalue weighted by atomic mass is 9.75. The predicted molar refractivity (Wildman–Crippen MR) is 44.0 cm³/mol. The molecule has 4 aliphatic heterocycles. The summed E-state index contributed by atoms with van der Waals surface area (Å²) in [6, 6.07) is 0.658. The molecule has 0 radical (unpaired) electrons. The van der Waals surface area contributed by atoms with Gasteiger partial charge in [-0.1, -0.05) is 0 Å². The molecule has 0 unspecified atom stereocenters. The Bertz CT molecular complexity index is 161. The zero-order valence-corrected chi connectivity index (χ0v) is 6.85. The molecule has 4 heteroatoms. The van der Waals surface area contributed by atoms with E-state index in [9.17, 15) is 10.4 Å². The fourth-order valence-electron chi connectivity index (χ4n) is 3.07. The van der Waals surface area contributed by atoms with E-state index < -0.39 is 0 Å². The average molecular weight is 168 g/mol. The largest absolute Gasteiger partial charge is 0.785 e. The first-order chi connectivity index (χ1) is 5.75. The van der Waals surface area contributed by atoms with E-state index in [4.69, 9.17) is 0 Å². The molecule has 4 heterocycles. The maximum atomic E-state index is 11.5. The highest BCUT2D eigenvalue weighted by molar-refractivity contribution is 5.07. The standard InChI is InChI=1S/C8H12N2O2/c11-9-5-1-6-3-8(9)4-7(2-5)10(6)12/h5-8H,1-4H2/q-2. The average Bonchev–Trinajstić information content (AvgIpc) is 2.02. The van der Waals surface area contributed by atoms with Crippen molar-refractivity contribution in [3.8, 4) is 0 Å². The lowest BCUT2D eigenvalue weighted by Gasteiger charge is -2.66. The molecule has 4 aliphatic rings. The zero-order valence-electron chi connectivity index (χ0n) is 6.85. The summed E-state index contributed by atoms with van der Waals surface area (Å²) in [5.74, 6) is 0. The Morgan fingerprint density at radius 2 is 0.917 bits per heavy atom. The predicted octanol–water partition coefficient (Wildman–Crippen LogP) is 0.662. The molecule has 0 aliphatic carbocycles. The van der Waals surface area contributed by atoms with Gasteiger partial charge >= 0.3 is 0 Å². The van der Waals surface area contributed by atoms with E-state index in [1.54, 1.807) is 0 Å². The third-order valence-electron chi connectivity index (χ3n) is 3.62. The Balaban J connectivity index is 1.91. The molecule has 0 spiro atoms. The molecule has 0 N–H and O–H groups in total. The Labute approximate surface area is 71.3 Å². The van der Waals surface area contributed by atoms with Crippen molar-refractivity contribution in [3.63, 3.8) is 0 Å². The summed E-state index contributed by atoms with van der Waals surface area (Å²) in [6.45, 7) is 0. The molecule has 0 amide bonds. The van der Waals surface area contributed by atoms with Crippen molar-refractivity contribution in [2.45, 2.75) is 49.9 Å². The van der Waals surface area contributed by atoms with E-state index in [-0.39, 0.29) is 24.2 Å². The van der Waals surface area contributed by atoms with E-state index in [2.05, 4.69) is 0 Å². The van der Waals surface area contributed by atoms with Crippen molar-refractivity contribution in [1.29, 1.82) is 0 Å². The molecule has 0 aromatic rings. The Morgan fingerprint density at radius 1 is 0.667 bits per heavy atom. The minimum absolute atomic E-state index is 0.165. The zero-order chi connectivity index (χ0) is 8.29. The molecule has 12 heavy (non-hydrogen) atoms. The van der Waals surface area contributed by atoms with Gasteiger partial charge in [0.05, 0.1) is 0 Å². The topological polar surface area (TPSA) is 52.6 Å². The molecule has 4 rings (SSSR count). The Morgan fingerprint density at radius 3 is 1.17 bits per heavy atom. The third kappa shape index (κ3) is 0.758. The van der Waals surface area contributed by atoms with Gasteiger partial charge in [-0.3, -0.25) is 0 Å². The monoisotopic (exact) mass is 168 g/mol. The van der Waals surface area contributed by atoms with Gasteiger partial charge in [-0.2, -0.15) is 0 Å². The molecular formula is C8H12N2O2-2. The maximum absolute atomic E-state index is 11.5. The SMILES string of the molecule is [O-]N1C2CC3CC1CC(C2)N3[O-]. The minimum atomic E-state index is 0.165. The highest BCUT2D eigenvalue weighted by Gasteiger charge is 2.44. The minimum Gasteiger partial charge on any atom is -0.785 e. The van der Waals surface area contributed by atoms with Crippen LogP contribution in [0.25, 0.3) is 0 Å². The van der Waals surface area contributed by atoms with Gasteiger partial charge in [0.15, 0.2) is 0 Å². The first kappa shape index (κ1) is 7.26. The second-order valence-electron chi connectivity index (χ2n) is 4.28. The number of hydrogen-bond acceptors (Lipinski definition) is 4. The smallest absolute Gasteiger partial charge is 0.000527 e. The number of piperidine rings is 4. The van der Waals surface area contributed by atoms with Crippen molar-refractivity contribution in [2.75, 3.05) is 0 Å². The van der Waals surface area contributed by atoms with Crippen LogP contribution in [0.1, 0.15) is 25.7 Å². The van der Waals surface area contributed by atoms with Gasteiger partial charge in [-0.05, 0) is 25.7 Å². The molecule has 0 saturated carbocycles. The number of hydroxylamine groups is 4. The van der Waals surface area contributed by atoms with Crippen LogP contribution in [0.2, 0.25) is 0 Å². The van der Waals surface area contributed by atoms with E-state index >= 15 is 0 Å². The summed E-state index contributed by atoms with van der Waals surface area (Å²) in [5.41, 5.74) is 0. The third-order valence-corrected chi connectivity index (χ3v) is 3.62. The second kappa shape index (κ2) is 2.20. The van der Waals surface area contributed by atoms with Crippen LogP contribution in [0.4, 0.5) is 0 Å². The lowest BCUT2D eigenvalue weighted by Crippen LogP contribution is -2.65. The number of rotatable bonds is 0. The van der Waals surface area contributed by atoms with E-state index in [0.29, 0.717) is 0 Å². The highest BCUT2D eigenvalue weighted by Crippen LogP contribution is 2.43. The van der Waals surface area contributed by atoms with Gasteiger partial charge in [0.2, 0.25) is 0 Å². The second-order valence-corrected chi connectivity index (χ2v) is 4.28. The fraction of sp³-hybridized carbons (Fsp3) is 1.00. The van der Waals surface area contributed by atoms with Gasteiger partial charge in [0, 0.05) is 24.2 Å². The van der Waals surface area contributed by atoms with Crippen LogP contribution < -0.4 is 0 Å². The van der Waals surface area contributed by atoms with Crippen LogP contribution in [-0.2, 0) is 0 Å².